The van der Waals surface area contributed by atoms with E-state index in [0.717, 1.165) is 24.3 Å². The molecule has 9 nitrogen and oxygen atoms in total. The molecule has 3 rings (SSSR count). The molecular formula is C16H14FN5O4S. The number of nitrogens with one attached hydrogen (secondary N) is 2. The topological polar surface area (TPSA) is 127 Å². The van der Waals surface area contributed by atoms with E-state index < -0.39 is 20.8 Å². The van der Waals surface area contributed by atoms with Crippen LogP contribution < -0.4 is 10.0 Å². The number of halogens is 1. The van der Waals surface area contributed by atoms with Gasteiger partial charge in [-0.25, -0.2) is 27.5 Å². The zero-order valence-corrected chi connectivity index (χ0v) is 14.6. The summed E-state index contributed by atoms with van der Waals surface area (Å²) in [7, 11) is -3.81. The predicted molar refractivity (Wildman–Crippen MR) is 96.3 cm³/mol. The molecule has 0 fully saturated rings. The van der Waals surface area contributed by atoms with Crippen molar-refractivity contribution < 1.29 is 17.7 Å². The number of anilines is 1. The zero-order valence-electron chi connectivity index (χ0n) is 13.8. The van der Waals surface area contributed by atoms with Gasteiger partial charge in [0, 0.05) is 30.6 Å². The van der Waals surface area contributed by atoms with E-state index in [9.17, 15) is 22.9 Å². The van der Waals surface area contributed by atoms with Crippen molar-refractivity contribution in [2.75, 3.05) is 18.4 Å². The third kappa shape index (κ3) is 4.33. The van der Waals surface area contributed by atoms with Gasteiger partial charge in [0.2, 0.25) is 10.0 Å². The maximum Gasteiger partial charge on any atom is 0.269 e. The minimum Gasteiger partial charge on any atom is -0.368 e. The minimum absolute atomic E-state index is 0.0279. The van der Waals surface area contributed by atoms with Crippen LogP contribution in [-0.4, -0.2) is 36.4 Å². The summed E-state index contributed by atoms with van der Waals surface area (Å²) in [6, 6.07) is 8.66. The molecular weight excluding hydrogens is 377 g/mol. The minimum atomic E-state index is -3.81. The summed E-state index contributed by atoms with van der Waals surface area (Å²) in [5, 5.41) is 14.0. The molecule has 0 spiro atoms. The molecule has 0 unspecified atom stereocenters. The number of nitro groups is 1. The van der Waals surface area contributed by atoms with Gasteiger partial charge in [-0.15, -0.1) is 0 Å². The Balaban J connectivity index is 1.63. The van der Waals surface area contributed by atoms with Crippen molar-refractivity contribution in [2.45, 2.75) is 4.90 Å². The molecule has 0 saturated carbocycles. The van der Waals surface area contributed by atoms with Crippen LogP contribution in [0.1, 0.15) is 0 Å². The highest BCUT2D eigenvalue weighted by Gasteiger charge is 2.15. The molecule has 0 saturated heterocycles. The zero-order chi connectivity index (χ0) is 19.4. The van der Waals surface area contributed by atoms with E-state index >= 15 is 0 Å². The van der Waals surface area contributed by atoms with Gasteiger partial charge in [0.25, 0.3) is 5.69 Å². The fourth-order valence-electron chi connectivity index (χ4n) is 2.37. The van der Waals surface area contributed by atoms with Crippen LogP contribution in [0.5, 0.6) is 0 Å². The number of non-ortho nitro benzene ring substituents is 1. The van der Waals surface area contributed by atoms with Crippen LogP contribution in [0.2, 0.25) is 0 Å². The molecule has 2 aromatic carbocycles. The summed E-state index contributed by atoms with van der Waals surface area (Å²) in [5.41, 5.74) is 0.360. The predicted octanol–water partition coefficient (Wildman–Crippen LogP) is 2.07. The van der Waals surface area contributed by atoms with Gasteiger partial charge in [-0.1, -0.05) is 0 Å². The second-order valence-electron chi connectivity index (χ2n) is 5.46. The van der Waals surface area contributed by atoms with Crippen molar-refractivity contribution >= 4 is 32.4 Å². The van der Waals surface area contributed by atoms with E-state index in [1.807, 2.05) is 0 Å². The van der Waals surface area contributed by atoms with E-state index in [0.29, 0.717) is 16.7 Å². The molecule has 1 heterocycles. The molecule has 140 valence electrons. The van der Waals surface area contributed by atoms with Crippen molar-refractivity contribution in [1.82, 2.24) is 14.7 Å². The fourth-order valence-corrected chi connectivity index (χ4v) is 3.40. The molecule has 0 aliphatic heterocycles. The largest absolute Gasteiger partial charge is 0.368 e. The highest BCUT2D eigenvalue weighted by atomic mass is 32.2. The van der Waals surface area contributed by atoms with E-state index in [2.05, 4.69) is 20.0 Å². The summed E-state index contributed by atoms with van der Waals surface area (Å²) in [4.78, 5) is 18.0. The average Bonchev–Trinajstić information content (AvgIpc) is 2.65. The second kappa shape index (κ2) is 7.60. The summed E-state index contributed by atoms with van der Waals surface area (Å²) in [6.07, 6.45) is 1.32. The van der Waals surface area contributed by atoms with Gasteiger partial charge < -0.3 is 5.32 Å². The molecule has 27 heavy (non-hydrogen) atoms. The lowest BCUT2D eigenvalue weighted by Crippen LogP contribution is -2.29. The number of hydrogen-bond donors (Lipinski definition) is 2. The van der Waals surface area contributed by atoms with Crippen molar-refractivity contribution in [3.8, 4) is 0 Å². The number of rotatable bonds is 7. The average molecular weight is 391 g/mol. The number of hydrogen-bond acceptors (Lipinski definition) is 7. The van der Waals surface area contributed by atoms with Crippen molar-refractivity contribution in [3.05, 3.63) is 64.7 Å². The van der Waals surface area contributed by atoms with Gasteiger partial charge >= 0.3 is 0 Å². The first-order chi connectivity index (χ1) is 12.9. The number of sulfonamides is 1. The van der Waals surface area contributed by atoms with Crippen LogP contribution in [0.25, 0.3) is 10.9 Å². The van der Waals surface area contributed by atoms with Crippen LogP contribution >= 0.6 is 0 Å². The highest BCUT2D eigenvalue weighted by molar-refractivity contribution is 7.89. The SMILES string of the molecule is O=[N+]([O-])c1ccc(S(=O)(=O)NCCNc2ncnc3ccc(F)cc23)cc1. The molecule has 1 aromatic heterocycles. The van der Waals surface area contributed by atoms with E-state index in [4.69, 9.17) is 0 Å². The van der Waals surface area contributed by atoms with E-state index in [1.165, 1.54) is 24.5 Å². The molecule has 0 radical (unpaired) electrons. The maximum absolute atomic E-state index is 13.4. The molecule has 0 amide bonds. The van der Waals surface area contributed by atoms with Crippen molar-refractivity contribution in [3.63, 3.8) is 0 Å². The number of nitrogens with zero attached hydrogens (tertiary/aromatic N) is 3. The monoisotopic (exact) mass is 391 g/mol. The molecule has 0 atom stereocenters. The Hall–Kier alpha value is -3.18. The molecule has 2 N–H and O–H groups in total. The quantitative estimate of drug-likeness (QED) is 0.358. The fraction of sp³-hybridized carbons (Fsp3) is 0.125. The molecule has 0 aliphatic carbocycles. The Morgan fingerprint density at radius 2 is 1.81 bits per heavy atom. The number of benzene rings is 2. The van der Waals surface area contributed by atoms with Crippen LogP contribution in [-0.2, 0) is 10.0 Å². The van der Waals surface area contributed by atoms with Crippen molar-refractivity contribution in [1.29, 1.82) is 0 Å². The Morgan fingerprint density at radius 1 is 1.07 bits per heavy atom. The summed E-state index contributed by atoms with van der Waals surface area (Å²) in [6.45, 7) is 0.217. The van der Waals surface area contributed by atoms with Crippen LogP contribution in [0.15, 0.2) is 53.7 Å². The smallest absolute Gasteiger partial charge is 0.269 e. The molecule has 3 aromatic rings. The first-order valence-electron chi connectivity index (χ1n) is 7.75. The van der Waals surface area contributed by atoms with E-state index in [1.54, 1.807) is 0 Å². The van der Waals surface area contributed by atoms with Gasteiger partial charge in [-0.2, -0.15) is 0 Å². The lowest BCUT2D eigenvalue weighted by Gasteiger charge is -2.10. The van der Waals surface area contributed by atoms with Crippen LogP contribution in [0, 0.1) is 15.9 Å². The number of fused-ring (bicyclic) bond motifs is 1. The van der Waals surface area contributed by atoms with Gasteiger partial charge in [0.05, 0.1) is 15.3 Å². The molecule has 0 aliphatic rings. The normalized spacial score (nSPS) is 11.4. The Kier molecular flexibility index (Phi) is 5.23. The molecule has 0 bridgehead atoms. The lowest BCUT2D eigenvalue weighted by atomic mass is 10.2. The number of aromatic nitrogens is 2. The van der Waals surface area contributed by atoms with Gasteiger partial charge in [0.15, 0.2) is 0 Å². The standard InChI is InChI=1S/C16H14FN5O4S/c17-11-1-6-15-14(9-11)16(20-10-19-15)18-7-8-21-27(25,26)13-4-2-12(3-5-13)22(23)24/h1-6,9-10,21H,7-8H2,(H,18,19,20). The maximum atomic E-state index is 13.4. The third-order valence-corrected chi connectivity index (χ3v) is 5.14. The van der Waals surface area contributed by atoms with Crippen LogP contribution in [0.4, 0.5) is 15.9 Å². The Labute approximate surface area is 153 Å². The second-order valence-corrected chi connectivity index (χ2v) is 7.23. The first-order valence-corrected chi connectivity index (χ1v) is 9.23. The highest BCUT2D eigenvalue weighted by Crippen LogP contribution is 2.20. The number of nitro benzene ring substituents is 1. The summed E-state index contributed by atoms with van der Waals surface area (Å²) >= 11 is 0. The van der Waals surface area contributed by atoms with Crippen molar-refractivity contribution in [2.24, 2.45) is 0 Å². The van der Waals surface area contributed by atoms with E-state index in [-0.39, 0.29) is 23.7 Å². The van der Waals surface area contributed by atoms with Gasteiger partial charge in [-0.3, -0.25) is 10.1 Å². The Bertz CT molecular complexity index is 1090. The summed E-state index contributed by atoms with van der Waals surface area (Å²) in [5.74, 6) is -0.0479. The summed E-state index contributed by atoms with van der Waals surface area (Å²) < 4.78 is 40.2. The third-order valence-electron chi connectivity index (χ3n) is 3.66. The first kappa shape index (κ1) is 18.6. The lowest BCUT2D eigenvalue weighted by molar-refractivity contribution is -0.384. The Morgan fingerprint density at radius 3 is 2.52 bits per heavy atom. The molecule has 11 heteroatoms. The van der Waals surface area contributed by atoms with Gasteiger partial charge in [-0.05, 0) is 30.3 Å². The van der Waals surface area contributed by atoms with Gasteiger partial charge in [0.1, 0.15) is 18.0 Å². The van der Waals surface area contributed by atoms with Crippen LogP contribution in [0.3, 0.4) is 0 Å².